The summed E-state index contributed by atoms with van der Waals surface area (Å²) in [5, 5.41) is 7.49. The lowest BCUT2D eigenvalue weighted by Crippen LogP contribution is -2.31. The Morgan fingerprint density at radius 2 is 1.85 bits per heavy atom. The number of carbonyl (C=O) groups is 1. The van der Waals surface area contributed by atoms with E-state index in [2.05, 4.69) is 20.6 Å². The van der Waals surface area contributed by atoms with Crippen LogP contribution in [-0.2, 0) is 11.3 Å². The normalized spacial score (nSPS) is 10.4. The summed E-state index contributed by atoms with van der Waals surface area (Å²) in [6.07, 6.45) is 1.68. The van der Waals surface area contributed by atoms with Crippen LogP contribution in [0.4, 0.5) is 0 Å². The van der Waals surface area contributed by atoms with Crippen molar-refractivity contribution >= 4 is 29.5 Å². The van der Waals surface area contributed by atoms with Gasteiger partial charge in [-0.1, -0.05) is 12.1 Å². The molecule has 0 heterocycles. The van der Waals surface area contributed by atoms with E-state index in [1.165, 1.54) is 7.11 Å². The molecule has 2 rings (SSSR count). The Morgan fingerprint density at radius 1 is 1.15 bits per heavy atom. The van der Waals surface area contributed by atoms with Crippen LogP contribution in [0.1, 0.15) is 28.4 Å². The monoisotopic (exact) mass is 371 g/mol. The molecule has 0 aliphatic heterocycles. The van der Waals surface area contributed by atoms with Gasteiger partial charge in [0, 0.05) is 6.54 Å². The van der Waals surface area contributed by atoms with E-state index in [0.717, 1.165) is 23.4 Å². The molecule has 26 heavy (non-hydrogen) atoms. The lowest BCUT2D eigenvalue weighted by atomic mass is 10.1. The molecule has 0 saturated heterocycles. The molecule has 2 N–H and O–H groups in total. The summed E-state index contributed by atoms with van der Waals surface area (Å²) in [5.74, 6) is 0.394. The van der Waals surface area contributed by atoms with Crippen molar-refractivity contribution in [3.8, 4) is 5.75 Å². The maximum absolute atomic E-state index is 11.4. The molecular formula is C19H21N3O3S. The number of rotatable bonds is 7. The number of thiocarbonyl (C=S) groups is 1. The van der Waals surface area contributed by atoms with E-state index in [1.807, 2.05) is 43.3 Å². The third-order valence-corrected chi connectivity index (χ3v) is 3.61. The number of nitrogens with one attached hydrogen (secondary N) is 2. The smallest absolute Gasteiger partial charge is 0.337 e. The maximum Gasteiger partial charge on any atom is 0.337 e. The van der Waals surface area contributed by atoms with Crippen molar-refractivity contribution in [2.24, 2.45) is 5.10 Å². The maximum atomic E-state index is 11.4. The highest BCUT2D eigenvalue weighted by molar-refractivity contribution is 7.80. The first-order valence-electron chi connectivity index (χ1n) is 8.09. The Bertz CT molecular complexity index is 759. The number of benzene rings is 2. The average Bonchev–Trinajstić information content (AvgIpc) is 2.67. The Kier molecular flexibility index (Phi) is 7.57. The van der Waals surface area contributed by atoms with E-state index in [9.17, 15) is 4.79 Å². The van der Waals surface area contributed by atoms with Gasteiger partial charge in [-0.05, 0) is 66.7 Å². The first kappa shape index (κ1) is 19.4. The molecular weight excluding hydrogens is 350 g/mol. The van der Waals surface area contributed by atoms with Gasteiger partial charge in [0.2, 0.25) is 0 Å². The summed E-state index contributed by atoms with van der Waals surface area (Å²) in [6.45, 7) is 3.12. The molecule has 7 heteroatoms. The molecule has 0 amide bonds. The van der Waals surface area contributed by atoms with Crippen LogP contribution in [0.3, 0.4) is 0 Å². The summed E-state index contributed by atoms with van der Waals surface area (Å²) in [7, 11) is 1.36. The van der Waals surface area contributed by atoms with Crippen molar-refractivity contribution < 1.29 is 14.3 Å². The second kappa shape index (κ2) is 10.1. The van der Waals surface area contributed by atoms with E-state index in [-0.39, 0.29) is 5.97 Å². The fraction of sp³-hybridized carbons (Fsp3) is 0.211. The van der Waals surface area contributed by atoms with Crippen LogP contribution in [-0.4, -0.2) is 31.0 Å². The minimum atomic E-state index is -0.351. The minimum Gasteiger partial charge on any atom is -0.489 e. The highest BCUT2D eigenvalue weighted by Crippen LogP contribution is 2.14. The van der Waals surface area contributed by atoms with Crippen molar-refractivity contribution in [1.82, 2.24) is 10.7 Å². The summed E-state index contributed by atoms with van der Waals surface area (Å²) >= 11 is 5.02. The van der Waals surface area contributed by atoms with Gasteiger partial charge in [0.05, 0.1) is 18.9 Å². The minimum absolute atomic E-state index is 0.351. The third kappa shape index (κ3) is 6.18. The Hall–Kier alpha value is -2.93. The van der Waals surface area contributed by atoms with Gasteiger partial charge in [0.15, 0.2) is 5.11 Å². The van der Waals surface area contributed by atoms with Gasteiger partial charge in [0.25, 0.3) is 0 Å². The SMILES string of the molecule is CCNC(=S)N/N=C\c1ccc(OCc2ccc(C(=O)OC)cc2)cc1. The van der Waals surface area contributed by atoms with Gasteiger partial charge in [-0.3, -0.25) is 5.43 Å². The highest BCUT2D eigenvalue weighted by Gasteiger charge is 2.04. The van der Waals surface area contributed by atoms with Gasteiger partial charge < -0.3 is 14.8 Å². The van der Waals surface area contributed by atoms with Crippen LogP contribution in [0.5, 0.6) is 5.75 Å². The van der Waals surface area contributed by atoms with Gasteiger partial charge in [-0.2, -0.15) is 5.10 Å². The van der Waals surface area contributed by atoms with E-state index in [1.54, 1.807) is 18.3 Å². The number of hydrazone groups is 1. The number of nitrogens with zero attached hydrogens (tertiary/aromatic N) is 1. The standard InChI is InChI=1S/C19H21N3O3S/c1-3-20-19(26)22-21-12-14-6-10-17(11-7-14)25-13-15-4-8-16(9-5-15)18(23)24-2/h4-12H,3,13H2,1-2H3,(H2,20,22,26)/b21-12-. The second-order valence-corrected chi connectivity index (χ2v) is 5.68. The molecule has 0 radical (unpaired) electrons. The number of hydrogen-bond donors (Lipinski definition) is 2. The third-order valence-electron chi connectivity index (χ3n) is 3.38. The molecule has 0 bridgehead atoms. The average molecular weight is 371 g/mol. The highest BCUT2D eigenvalue weighted by atomic mass is 32.1. The second-order valence-electron chi connectivity index (χ2n) is 5.28. The van der Waals surface area contributed by atoms with Crippen LogP contribution in [0.25, 0.3) is 0 Å². The van der Waals surface area contributed by atoms with E-state index >= 15 is 0 Å². The van der Waals surface area contributed by atoms with Crippen molar-refractivity contribution in [3.63, 3.8) is 0 Å². The number of ether oxygens (including phenoxy) is 2. The number of carbonyl (C=O) groups excluding carboxylic acids is 1. The predicted octanol–water partition coefficient (Wildman–Crippen LogP) is 2.87. The van der Waals surface area contributed by atoms with Gasteiger partial charge >= 0.3 is 5.97 Å². The molecule has 0 unspecified atom stereocenters. The fourth-order valence-electron chi connectivity index (χ4n) is 2.04. The molecule has 2 aromatic rings. The molecule has 0 aliphatic rings. The first-order valence-corrected chi connectivity index (χ1v) is 8.50. The number of methoxy groups -OCH3 is 1. The molecule has 0 aromatic heterocycles. The van der Waals surface area contributed by atoms with E-state index in [0.29, 0.717) is 17.3 Å². The van der Waals surface area contributed by atoms with Crippen LogP contribution < -0.4 is 15.5 Å². The molecule has 2 aromatic carbocycles. The lowest BCUT2D eigenvalue weighted by Gasteiger charge is -2.07. The zero-order chi connectivity index (χ0) is 18.8. The van der Waals surface area contributed by atoms with Crippen LogP contribution in [0.15, 0.2) is 53.6 Å². The fourth-order valence-corrected chi connectivity index (χ4v) is 2.23. The number of esters is 1. The van der Waals surface area contributed by atoms with E-state index in [4.69, 9.17) is 17.0 Å². The van der Waals surface area contributed by atoms with Crippen molar-refractivity contribution in [1.29, 1.82) is 0 Å². The first-order chi connectivity index (χ1) is 12.6. The Labute approximate surface area is 158 Å². The molecule has 0 fully saturated rings. The molecule has 0 spiro atoms. The summed E-state index contributed by atoms with van der Waals surface area (Å²) in [4.78, 5) is 11.4. The molecule has 0 aliphatic carbocycles. The zero-order valence-electron chi connectivity index (χ0n) is 14.7. The largest absolute Gasteiger partial charge is 0.489 e. The van der Waals surface area contributed by atoms with Crippen LogP contribution >= 0.6 is 12.2 Å². The topological polar surface area (TPSA) is 72.0 Å². The van der Waals surface area contributed by atoms with Crippen molar-refractivity contribution in [3.05, 3.63) is 65.2 Å². The summed E-state index contributed by atoms with van der Waals surface area (Å²) < 4.78 is 10.4. The van der Waals surface area contributed by atoms with Crippen molar-refractivity contribution in [2.75, 3.05) is 13.7 Å². The summed E-state index contributed by atoms with van der Waals surface area (Å²) in [5.41, 5.74) is 5.14. The van der Waals surface area contributed by atoms with Crippen LogP contribution in [0.2, 0.25) is 0 Å². The Morgan fingerprint density at radius 3 is 2.46 bits per heavy atom. The quantitative estimate of drug-likeness (QED) is 0.337. The van der Waals surface area contributed by atoms with E-state index < -0.39 is 0 Å². The molecule has 6 nitrogen and oxygen atoms in total. The molecule has 136 valence electrons. The summed E-state index contributed by atoms with van der Waals surface area (Å²) in [6, 6.07) is 14.6. The number of hydrogen-bond acceptors (Lipinski definition) is 5. The molecule has 0 saturated carbocycles. The zero-order valence-corrected chi connectivity index (χ0v) is 15.5. The van der Waals surface area contributed by atoms with Gasteiger partial charge in [-0.15, -0.1) is 0 Å². The molecule has 0 atom stereocenters. The van der Waals surface area contributed by atoms with Gasteiger partial charge in [0.1, 0.15) is 12.4 Å². The predicted molar refractivity (Wildman–Crippen MR) is 106 cm³/mol. The van der Waals surface area contributed by atoms with Crippen molar-refractivity contribution in [2.45, 2.75) is 13.5 Å². The lowest BCUT2D eigenvalue weighted by molar-refractivity contribution is 0.0600. The Balaban J connectivity index is 1.84. The van der Waals surface area contributed by atoms with Crippen LogP contribution in [0, 0.1) is 0 Å². The van der Waals surface area contributed by atoms with Gasteiger partial charge in [-0.25, -0.2) is 4.79 Å².